The van der Waals surface area contributed by atoms with Gasteiger partial charge in [0.15, 0.2) is 5.69 Å². The summed E-state index contributed by atoms with van der Waals surface area (Å²) in [6, 6.07) is 14.9. The number of nitrogens with zero attached hydrogens (tertiary/aromatic N) is 2. The zero-order chi connectivity index (χ0) is 18.1. The number of methoxy groups -OCH3 is 1. The van der Waals surface area contributed by atoms with E-state index in [1.54, 1.807) is 25.3 Å². The number of amides is 1. The first-order valence-corrected chi connectivity index (χ1v) is 8.61. The van der Waals surface area contributed by atoms with Gasteiger partial charge >= 0.3 is 0 Å². The second kappa shape index (κ2) is 6.63. The molecule has 6 heteroatoms. The van der Waals surface area contributed by atoms with Crippen LogP contribution in [0.1, 0.15) is 34.9 Å². The summed E-state index contributed by atoms with van der Waals surface area (Å²) in [6.45, 7) is 0.671. The lowest BCUT2D eigenvalue weighted by Gasteiger charge is -2.25. The summed E-state index contributed by atoms with van der Waals surface area (Å²) < 4.78 is 5.21. The van der Waals surface area contributed by atoms with Gasteiger partial charge in [0.2, 0.25) is 0 Å². The van der Waals surface area contributed by atoms with E-state index in [2.05, 4.69) is 10.2 Å². The number of nitrogens with one attached hydrogen (secondary N) is 1. The Labute approximate surface area is 150 Å². The van der Waals surface area contributed by atoms with Gasteiger partial charge in [0, 0.05) is 11.9 Å². The van der Waals surface area contributed by atoms with E-state index in [0.717, 1.165) is 24.2 Å². The molecule has 0 unspecified atom stereocenters. The van der Waals surface area contributed by atoms with Gasteiger partial charge in [0.05, 0.1) is 18.5 Å². The first-order valence-electron chi connectivity index (χ1n) is 8.61. The summed E-state index contributed by atoms with van der Waals surface area (Å²) in [6.07, 6.45) is 1.84. The van der Waals surface area contributed by atoms with Crippen molar-refractivity contribution < 1.29 is 9.53 Å². The average Bonchev–Trinajstić information content (AvgIpc) is 3.18. The van der Waals surface area contributed by atoms with Crippen molar-refractivity contribution in [3.05, 3.63) is 70.1 Å². The molecule has 1 amide bonds. The Bertz CT molecular complexity index is 1010. The number of fused-ring (bicyclic) bond motifs is 1. The third-order valence-electron chi connectivity index (χ3n) is 4.91. The van der Waals surface area contributed by atoms with E-state index in [9.17, 15) is 9.59 Å². The molecule has 0 spiro atoms. The quantitative estimate of drug-likeness (QED) is 0.789. The van der Waals surface area contributed by atoms with Gasteiger partial charge in [-0.25, -0.2) is 5.10 Å². The molecule has 3 aromatic rings. The number of H-pyrrole nitrogens is 1. The zero-order valence-electron chi connectivity index (χ0n) is 14.4. The number of hydrogen-bond acceptors (Lipinski definition) is 4. The van der Waals surface area contributed by atoms with Gasteiger partial charge in [-0.1, -0.05) is 30.3 Å². The molecule has 2 heterocycles. The highest BCUT2D eigenvalue weighted by Gasteiger charge is 2.32. The van der Waals surface area contributed by atoms with Crippen LogP contribution in [0.5, 0.6) is 5.75 Å². The number of aromatic amines is 1. The molecular formula is C20H19N3O3. The van der Waals surface area contributed by atoms with E-state index in [4.69, 9.17) is 4.74 Å². The van der Waals surface area contributed by atoms with E-state index < -0.39 is 0 Å². The molecule has 0 radical (unpaired) electrons. The minimum atomic E-state index is -0.287. The van der Waals surface area contributed by atoms with Crippen LogP contribution in [0.4, 0.5) is 0 Å². The Morgan fingerprint density at radius 1 is 1.15 bits per heavy atom. The fourth-order valence-electron chi connectivity index (χ4n) is 3.60. The number of rotatable bonds is 3. The van der Waals surface area contributed by atoms with Gasteiger partial charge in [-0.3, -0.25) is 9.59 Å². The third-order valence-corrected chi connectivity index (χ3v) is 4.91. The van der Waals surface area contributed by atoms with E-state index in [0.29, 0.717) is 23.0 Å². The van der Waals surface area contributed by atoms with Crippen LogP contribution in [-0.2, 0) is 0 Å². The highest BCUT2D eigenvalue weighted by molar-refractivity contribution is 6.04. The summed E-state index contributed by atoms with van der Waals surface area (Å²) >= 11 is 0. The maximum Gasteiger partial charge on any atom is 0.275 e. The lowest BCUT2D eigenvalue weighted by atomic mass is 10.0. The van der Waals surface area contributed by atoms with Gasteiger partial charge in [0.25, 0.3) is 11.5 Å². The second-order valence-corrected chi connectivity index (χ2v) is 6.38. The Balaban J connectivity index is 1.71. The molecule has 6 nitrogen and oxygen atoms in total. The maximum absolute atomic E-state index is 13.2. The molecule has 1 atom stereocenters. The molecule has 1 aliphatic heterocycles. The third kappa shape index (κ3) is 2.73. The van der Waals surface area contributed by atoms with Gasteiger partial charge < -0.3 is 9.64 Å². The minimum absolute atomic E-state index is 0.000830. The van der Waals surface area contributed by atoms with Gasteiger partial charge in [-0.15, -0.1) is 0 Å². The van der Waals surface area contributed by atoms with Crippen molar-refractivity contribution in [2.75, 3.05) is 13.7 Å². The van der Waals surface area contributed by atoms with E-state index in [-0.39, 0.29) is 17.5 Å². The summed E-state index contributed by atoms with van der Waals surface area (Å²) in [5.41, 5.74) is 1.08. The molecule has 26 heavy (non-hydrogen) atoms. The van der Waals surface area contributed by atoms with Crippen LogP contribution in [0.3, 0.4) is 0 Å². The molecule has 1 N–H and O–H groups in total. The van der Waals surface area contributed by atoms with Crippen molar-refractivity contribution in [3.8, 4) is 5.75 Å². The van der Waals surface area contributed by atoms with Crippen molar-refractivity contribution in [2.24, 2.45) is 0 Å². The molecule has 1 saturated heterocycles. The molecule has 0 saturated carbocycles. The highest BCUT2D eigenvalue weighted by Crippen LogP contribution is 2.34. The maximum atomic E-state index is 13.2. The molecule has 132 valence electrons. The topological polar surface area (TPSA) is 75.3 Å². The standard InChI is InChI=1S/C20H19N3O3/c1-26-14-10-8-13(9-11-14)17-7-4-12-23(17)20(25)18-15-5-2-3-6-16(15)19(24)22-21-18/h2-3,5-6,8-11,17H,4,7,12H2,1H3,(H,22,24)/t17-/m1/s1. The largest absolute Gasteiger partial charge is 0.497 e. The number of benzene rings is 2. The highest BCUT2D eigenvalue weighted by atomic mass is 16.5. The Hall–Kier alpha value is -3.15. The van der Waals surface area contributed by atoms with Crippen LogP contribution in [0.2, 0.25) is 0 Å². The summed E-state index contributed by atoms with van der Waals surface area (Å²) in [5, 5.41) is 7.57. The lowest BCUT2D eigenvalue weighted by Crippen LogP contribution is -2.32. The van der Waals surface area contributed by atoms with E-state index in [1.165, 1.54) is 0 Å². The van der Waals surface area contributed by atoms with Crippen molar-refractivity contribution >= 4 is 16.7 Å². The summed E-state index contributed by atoms with van der Waals surface area (Å²) in [5.74, 6) is 0.633. The van der Waals surface area contributed by atoms with Crippen molar-refractivity contribution in [1.82, 2.24) is 15.1 Å². The van der Waals surface area contributed by atoms with Crippen molar-refractivity contribution in [1.29, 1.82) is 0 Å². The first kappa shape index (κ1) is 16.3. The Morgan fingerprint density at radius 2 is 1.88 bits per heavy atom. The monoisotopic (exact) mass is 349 g/mol. The molecule has 0 aliphatic carbocycles. The SMILES string of the molecule is COc1ccc([C@H]2CCCN2C(=O)c2n[nH]c(=O)c3ccccc23)cc1. The minimum Gasteiger partial charge on any atom is -0.497 e. The van der Waals surface area contributed by atoms with Crippen LogP contribution < -0.4 is 10.3 Å². The summed E-state index contributed by atoms with van der Waals surface area (Å²) in [7, 11) is 1.63. The molecule has 1 fully saturated rings. The molecule has 0 bridgehead atoms. The zero-order valence-corrected chi connectivity index (χ0v) is 14.4. The molecule has 4 rings (SSSR count). The van der Waals surface area contributed by atoms with Crippen LogP contribution in [0.25, 0.3) is 10.8 Å². The van der Waals surface area contributed by atoms with Crippen LogP contribution in [0, 0.1) is 0 Å². The van der Waals surface area contributed by atoms with Crippen molar-refractivity contribution in [2.45, 2.75) is 18.9 Å². The predicted molar refractivity (Wildman–Crippen MR) is 98.4 cm³/mol. The average molecular weight is 349 g/mol. The number of carbonyl (C=O) groups is 1. The first-order chi connectivity index (χ1) is 12.7. The fourth-order valence-corrected chi connectivity index (χ4v) is 3.60. The smallest absolute Gasteiger partial charge is 0.275 e. The van der Waals surface area contributed by atoms with Gasteiger partial charge in [0.1, 0.15) is 5.75 Å². The van der Waals surface area contributed by atoms with Crippen molar-refractivity contribution in [3.63, 3.8) is 0 Å². The van der Waals surface area contributed by atoms with Gasteiger partial charge in [-0.05, 0) is 36.6 Å². The fraction of sp³-hybridized carbons (Fsp3) is 0.250. The van der Waals surface area contributed by atoms with Crippen LogP contribution in [-0.4, -0.2) is 34.7 Å². The van der Waals surface area contributed by atoms with Gasteiger partial charge in [-0.2, -0.15) is 5.10 Å². The second-order valence-electron chi connectivity index (χ2n) is 6.38. The number of aromatic nitrogens is 2. The summed E-state index contributed by atoms with van der Waals surface area (Å²) in [4.78, 5) is 27.0. The molecule has 2 aromatic carbocycles. The normalized spacial score (nSPS) is 16.8. The molecule has 1 aromatic heterocycles. The van der Waals surface area contributed by atoms with E-state index in [1.807, 2.05) is 35.2 Å². The van der Waals surface area contributed by atoms with E-state index >= 15 is 0 Å². The molecular weight excluding hydrogens is 330 g/mol. The Morgan fingerprint density at radius 3 is 2.62 bits per heavy atom. The van der Waals surface area contributed by atoms with Crippen LogP contribution >= 0.6 is 0 Å². The number of ether oxygens (including phenoxy) is 1. The Kier molecular flexibility index (Phi) is 4.16. The number of likely N-dealkylation sites (tertiary alicyclic amines) is 1. The van der Waals surface area contributed by atoms with Crippen LogP contribution in [0.15, 0.2) is 53.3 Å². The number of hydrogen-bond donors (Lipinski definition) is 1. The lowest BCUT2D eigenvalue weighted by molar-refractivity contribution is 0.0730. The predicted octanol–water partition coefficient (Wildman–Crippen LogP) is 2.91. The molecule has 1 aliphatic rings. The number of carbonyl (C=O) groups excluding carboxylic acids is 1.